The molecule has 1 amide bonds. The minimum Gasteiger partial charge on any atom is -0.463 e. The Kier molecular flexibility index (Phi) is 5.23. The number of rotatable bonds is 4. The molecule has 1 saturated heterocycles. The van der Waals surface area contributed by atoms with Gasteiger partial charge in [-0.3, -0.25) is 4.79 Å². The summed E-state index contributed by atoms with van der Waals surface area (Å²) in [6.45, 7) is 4.83. The fourth-order valence-corrected chi connectivity index (χ4v) is 4.09. The molecule has 1 aliphatic rings. The molecule has 0 atom stereocenters. The van der Waals surface area contributed by atoms with Crippen molar-refractivity contribution < 1.29 is 13.6 Å². The highest BCUT2D eigenvalue weighted by atomic mass is 19.1. The molecule has 2 aromatic carbocycles. The van der Waals surface area contributed by atoms with Crippen LogP contribution in [-0.2, 0) is 0 Å². The first-order chi connectivity index (χ1) is 15.6. The summed E-state index contributed by atoms with van der Waals surface area (Å²) in [6.07, 6.45) is 1.57. The van der Waals surface area contributed by atoms with Gasteiger partial charge in [0.05, 0.1) is 12.0 Å². The van der Waals surface area contributed by atoms with Crippen LogP contribution in [0.1, 0.15) is 16.1 Å². The Morgan fingerprint density at radius 1 is 0.969 bits per heavy atom. The molecule has 2 aromatic heterocycles. The van der Waals surface area contributed by atoms with Crippen LogP contribution in [-0.4, -0.2) is 46.8 Å². The number of hydrogen-bond acceptors (Lipinski definition) is 4. The summed E-state index contributed by atoms with van der Waals surface area (Å²) in [5.41, 5.74) is 4.03. The van der Waals surface area contributed by atoms with E-state index in [1.807, 2.05) is 17.0 Å². The fourth-order valence-electron chi connectivity index (χ4n) is 4.09. The minimum atomic E-state index is -0.340. The van der Waals surface area contributed by atoms with Crippen LogP contribution in [0.25, 0.3) is 17.1 Å². The number of carbonyl (C=O) groups excluding carboxylic acids is 1. The van der Waals surface area contributed by atoms with Crippen LogP contribution >= 0.6 is 0 Å². The number of halogens is 1. The Balaban J connectivity index is 1.42. The van der Waals surface area contributed by atoms with Crippen LogP contribution in [0, 0.1) is 12.7 Å². The van der Waals surface area contributed by atoms with Crippen LogP contribution < -0.4 is 4.90 Å². The molecule has 32 heavy (non-hydrogen) atoms. The first-order valence-corrected chi connectivity index (χ1v) is 10.6. The molecule has 3 heterocycles. The van der Waals surface area contributed by atoms with E-state index < -0.39 is 0 Å². The van der Waals surface area contributed by atoms with Crippen molar-refractivity contribution in [3.05, 3.63) is 90.1 Å². The van der Waals surface area contributed by atoms with Crippen LogP contribution in [0.5, 0.6) is 0 Å². The average Bonchev–Trinajstić information content (AvgIpc) is 3.50. The van der Waals surface area contributed by atoms with E-state index >= 15 is 0 Å². The van der Waals surface area contributed by atoms with Crippen molar-refractivity contribution in [1.82, 2.24) is 14.7 Å². The van der Waals surface area contributed by atoms with Crippen molar-refractivity contribution in [3.8, 4) is 17.1 Å². The Hall–Kier alpha value is -3.87. The number of piperazine rings is 1. The quantitative estimate of drug-likeness (QED) is 0.477. The third-order valence-corrected chi connectivity index (χ3v) is 5.80. The molecule has 7 heteroatoms. The second-order valence-corrected chi connectivity index (χ2v) is 7.85. The highest BCUT2D eigenvalue weighted by molar-refractivity contribution is 5.94. The maximum atomic E-state index is 13.5. The van der Waals surface area contributed by atoms with Gasteiger partial charge in [-0.2, -0.15) is 5.10 Å². The zero-order chi connectivity index (χ0) is 22.1. The first-order valence-electron chi connectivity index (χ1n) is 10.6. The topological polar surface area (TPSA) is 54.5 Å². The molecule has 0 aliphatic carbocycles. The van der Waals surface area contributed by atoms with Gasteiger partial charge in [-0.15, -0.1) is 0 Å². The van der Waals surface area contributed by atoms with Crippen LogP contribution in [0.2, 0.25) is 0 Å². The maximum Gasteiger partial charge on any atom is 0.272 e. The molecule has 4 aromatic rings. The van der Waals surface area contributed by atoms with Gasteiger partial charge in [-0.1, -0.05) is 18.2 Å². The monoisotopic (exact) mass is 430 g/mol. The predicted octanol–water partition coefficient (Wildman–Crippen LogP) is 4.54. The second kappa shape index (κ2) is 8.34. The van der Waals surface area contributed by atoms with E-state index in [1.54, 1.807) is 41.3 Å². The van der Waals surface area contributed by atoms with Crippen molar-refractivity contribution in [2.45, 2.75) is 6.92 Å². The number of aromatic nitrogens is 2. The van der Waals surface area contributed by atoms with Gasteiger partial charge in [-0.05, 0) is 55.0 Å². The van der Waals surface area contributed by atoms with Gasteiger partial charge in [0, 0.05) is 37.9 Å². The summed E-state index contributed by atoms with van der Waals surface area (Å²) >= 11 is 0. The molecular weight excluding hydrogens is 407 g/mol. The molecule has 0 radical (unpaired) electrons. The Morgan fingerprint density at radius 3 is 2.41 bits per heavy atom. The van der Waals surface area contributed by atoms with Crippen molar-refractivity contribution in [1.29, 1.82) is 0 Å². The van der Waals surface area contributed by atoms with Crippen molar-refractivity contribution >= 4 is 11.6 Å². The molecule has 6 nitrogen and oxygen atoms in total. The standard InChI is InChI=1S/C25H23FN4O2/c1-18-5-2-3-6-22(18)28-12-14-29(15-13-28)25(31)23-17-21(24-7-4-16-32-24)27-30(23)20-10-8-19(26)9-11-20/h2-11,16-17H,12-15H2,1H3. The summed E-state index contributed by atoms with van der Waals surface area (Å²) < 4.78 is 20.5. The van der Waals surface area contributed by atoms with Gasteiger partial charge in [0.15, 0.2) is 5.76 Å². The number of carbonyl (C=O) groups is 1. The fraction of sp³-hybridized carbons (Fsp3) is 0.200. The van der Waals surface area contributed by atoms with E-state index in [-0.39, 0.29) is 11.7 Å². The SMILES string of the molecule is Cc1ccccc1N1CCN(C(=O)c2cc(-c3ccco3)nn2-c2ccc(F)cc2)CC1. The van der Waals surface area contributed by atoms with Crippen LogP contribution in [0.4, 0.5) is 10.1 Å². The zero-order valence-electron chi connectivity index (χ0n) is 17.7. The molecule has 1 fully saturated rings. The van der Waals surface area contributed by atoms with Crippen molar-refractivity contribution in [2.75, 3.05) is 31.1 Å². The predicted molar refractivity (Wildman–Crippen MR) is 121 cm³/mol. The molecule has 0 bridgehead atoms. The third-order valence-electron chi connectivity index (χ3n) is 5.80. The molecule has 1 aliphatic heterocycles. The number of para-hydroxylation sites is 1. The Morgan fingerprint density at radius 2 is 1.72 bits per heavy atom. The van der Waals surface area contributed by atoms with Gasteiger partial charge in [0.25, 0.3) is 5.91 Å². The maximum absolute atomic E-state index is 13.5. The zero-order valence-corrected chi connectivity index (χ0v) is 17.7. The highest BCUT2D eigenvalue weighted by Crippen LogP contribution is 2.25. The number of nitrogens with zero attached hydrogens (tertiary/aromatic N) is 4. The highest BCUT2D eigenvalue weighted by Gasteiger charge is 2.27. The normalized spacial score (nSPS) is 14.1. The average molecular weight is 430 g/mol. The Bertz CT molecular complexity index is 1220. The molecule has 0 saturated carbocycles. The van der Waals surface area contributed by atoms with Crippen LogP contribution in [0.15, 0.2) is 77.4 Å². The number of hydrogen-bond donors (Lipinski definition) is 0. The minimum absolute atomic E-state index is 0.107. The molecule has 0 N–H and O–H groups in total. The first kappa shape index (κ1) is 20.1. The van der Waals surface area contributed by atoms with Crippen molar-refractivity contribution in [3.63, 3.8) is 0 Å². The molecular formula is C25H23FN4O2. The van der Waals surface area contributed by atoms with E-state index in [2.05, 4.69) is 29.1 Å². The van der Waals surface area contributed by atoms with Crippen molar-refractivity contribution in [2.24, 2.45) is 0 Å². The van der Waals surface area contributed by atoms with Gasteiger partial charge in [-0.25, -0.2) is 9.07 Å². The number of amides is 1. The number of furan rings is 1. The number of aryl methyl sites for hydroxylation is 1. The molecule has 0 unspecified atom stereocenters. The lowest BCUT2D eigenvalue weighted by Crippen LogP contribution is -2.49. The van der Waals surface area contributed by atoms with E-state index in [1.165, 1.54) is 23.4 Å². The number of anilines is 1. The van der Waals surface area contributed by atoms with E-state index in [9.17, 15) is 9.18 Å². The summed E-state index contributed by atoms with van der Waals surface area (Å²) in [5.74, 6) is 0.126. The summed E-state index contributed by atoms with van der Waals surface area (Å²) in [6, 6.07) is 19.5. The van der Waals surface area contributed by atoms with E-state index in [0.29, 0.717) is 35.9 Å². The van der Waals surface area contributed by atoms with Gasteiger partial charge in [0.1, 0.15) is 17.2 Å². The molecule has 162 valence electrons. The largest absolute Gasteiger partial charge is 0.463 e. The second-order valence-electron chi connectivity index (χ2n) is 7.85. The van der Waals surface area contributed by atoms with E-state index in [4.69, 9.17) is 4.42 Å². The van der Waals surface area contributed by atoms with E-state index in [0.717, 1.165) is 13.1 Å². The lowest BCUT2D eigenvalue weighted by molar-refractivity contribution is 0.0737. The summed E-state index contributed by atoms with van der Waals surface area (Å²) in [5, 5.41) is 4.59. The van der Waals surface area contributed by atoms with Gasteiger partial charge >= 0.3 is 0 Å². The smallest absolute Gasteiger partial charge is 0.272 e. The van der Waals surface area contributed by atoms with Gasteiger partial charge < -0.3 is 14.2 Å². The summed E-state index contributed by atoms with van der Waals surface area (Å²) in [4.78, 5) is 17.7. The van der Waals surface area contributed by atoms with Gasteiger partial charge in [0.2, 0.25) is 0 Å². The Labute approximate surface area is 185 Å². The van der Waals surface area contributed by atoms with Crippen LogP contribution in [0.3, 0.4) is 0 Å². The lowest BCUT2D eigenvalue weighted by Gasteiger charge is -2.36. The third kappa shape index (κ3) is 3.77. The number of benzene rings is 2. The molecule has 0 spiro atoms. The lowest BCUT2D eigenvalue weighted by atomic mass is 10.1. The molecule has 5 rings (SSSR count). The summed E-state index contributed by atoms with van der Waals surface area (Å²) in [7, 11) is 0.